The van der Waals surface area contributed by atoms with E-state index in [4.69, 9.17) is 9.16 Å². The monoisotopic (exact) mass is 206 g/mol. The van der Waals surface area contributed by atoms with Gasteiger partial charge in [0.15, 0.2) is 8.32 Å². The molecule has 0 unspecified atom stereocenters. The third-order valence-electron chi connectivity index (χ3n) is 1.15. The fraction of sp³-hybridized carbons (Fsp3) is 1.00. The quantitative estimate of drug-likeness (QED) is 0.643. The van der Waals surface area contributed by atoms with Crippen LogP contribution in [0.5, 0.6) is 0 Å². The summed E-state index contributed by atoms with van der Waals surface area (Å²) in [5.74, 6) is 0. The van der Waals surface area contributed by atoms with E-state index in [0.717, 1.165) is 26.2 Å². The number of hydrogen-bond acceptors (Lipinski definition) is 2. The second kappa shape index (κ2) is 10.2. The maximum atomic E-state index is 5.52. The van der Waals surface area contributed by atoms with Gasteiger partial charge in [-0.25, -0.2) is 0 Å². The largest absolute Gasteiger partial charge is 0.418 e. The first-order valence-electron chi connectivity index (χ1n) is 5.19. The van der Waals surface area contributed by atoms with Gasteiger partial charge in [0, 0.05) is 19.8 Å². The first kappa shape index (κ1) is 15.6. The van der Waals surface area contributed by atoms with Gasteiger partial charge >= 0.3 is 0 Å². The molecule has 0 aliphatic rings. The van der Waals surface area contributed by atoms with Gasteiger partial charge in [-0.1, -0.05) is 6.92 Å². The summed E-state index contributed by atoms with van der Waals surface area (Å²) in [6.07, 6.45) is 1.14. The lowest BCUT2D eigenvalue weighted by atomic mass is 10.5. The van der Waals surface area contributed by atoms with Gasteiger partial charge in [-0.2, -0.15) is 0 Å². The van der Waals surface area contributed by atoms with Crippen LogP contribution in [0.1, 0.15) is 27.2 Å². The smallest absolute Gasteiger partial charge is 0.183 e. The van der Waals surface area contributed by atoms with E-state index in [9.17, 15) is 0 Å². The molecule has 0 aromatic carbocycles. The predicted molar refractivity (Wildman–Crippen MR) is 61.8 cm³/mol. The third kappa shape index (κ3) is 24.5. The lowest BCUT2D eigenvalue weighted by Gasteiger charge is -2.15. The molecule has 0 aliphatic carbocycles. The zero-order valence-corrected chi connectivity index (χ0v) is 11.1. The van der Waals surface area contributed by atoms with Gasteiger partial charge in [-0.15, -0.1) is 0 Å². The standard InChI is InChI=1S/C6H16OSi.C4H10O/c1-5-6-7-8(2,3)4;1-3-5-4-2/h5-6H2,1-4H3;3-4H2,1-2H3. The Morgan fingerprint density at radius 2 is 1.38 bits per heavy atom. The van der Waals surface area contributed by atoms with Crippen LogP contribution in [0.25, 0.3) is 0 Å². The molecule has 0 saturated carbocycles. The lowest BCUT2D eigenvalue weighted by Crippen LogP contribution is -2.25. The second-order valence-corrected chi connectivity index (χ2v) is 8.26. The molecule has 0 N–H and O–H groups in total. The molecule has 2 nitrogen and oxygen atoms in total. The highest BCUT2D eigenvalue weighted by molar-refractivity contribution is 6.69. The third-order valence-corrected chi connectivity index (χ3v) is 2.22. The van der Waals surface area contributed by atoms with Gasteiger partial charge < -0.3 is 9.16 Å². The van der Waals surface area contributed by atoms with Gasteiger partial charge in [0.1, 0.15) is 0 Å². The Hall–Kier alpha value is 0.137. The Kier molecular flexibility index (Phi) is 12.3. The fourth-order valence-electron chi connectivity index (χ4n) is 0.612. The molecule has 13 heavy (non-hydrogen) atoms. The van der Waals surface area contributed by atoms with Crippen LogP contribution in [-0.4, -0.2) is 28.1 Å². The molecular weight excluding hydrogens is 180 g/mol. The van der Waals surface area contributed by atoms with E-state index in [1.807, 2.05) is 13.8 Å². The van der Waals surface area contributed by atoms with Crippen LogP contribution < -0.4 is 0 Å². The Morgan fingerprint density at radius 3 is 1.46 bits per heavy atom. The molecular formula is C10H26O2Si. The Balaban J connectivity index is 0. The van der Waals surface area contributed by atoms with Gasteiger partial charge in [0.25, 0.3) is 0 Å². The van der Waals surface area contributed by atoms with E-state index in [2.05, 4.69) is 26.6 Å². The van der Waals surface area contributed by atoms with Gasteiger partial charge in [-0.05, 0) is 39.9 Å². The van der Waals surface area contributed by atoms with Crippen molar-refractivity contribution in [1.29, 1.82) is 0 Å². The van der Waals surface area contributed by atoms with Crippen molar-refractivity contribution >= 4 is 8.32 Å². The summed E-state index contributed by atoms with van der Waals surface area (Å²) >= 11 is 0. The molecule has 0 aromatic rings. The molecule has 0 saturated heterocycles. The predicted octanol–water partition coefficient (Wildman–Crippen LogP) is 3.29. The maximum Gasteiger partial charge on any atom is 0.183 e. The average molecular weight is 206 g/mol. The molecule has 0 spiro atoms. The van der Waals surface area contributed by atoms with Crippen molar-refractivity contribution in [3.05, 3.63) is 0 Å². The summed E-state index contributed by atoms with van der Waals surface area (Å²) in [7, 11) is -1.18. The van der Waals surface area contributed by atoms with Crippen LogP contribution in [0.3, 0.4) is 0 Å². The molecule has 3 heteroatoms. The molecule has 0 heterocycles. The number of hydrogen-bond donors (Lipinski definition) is 0. The summed E-state index contributed by atoms with van der Waals surface area (Å²) in [4.78, 5) is 0. The highest BCUT2D eigenvalue weighted by Gasteiger charge is 2.12. The van der Waals surface area contributed by atoms with Crippen molar-refractivity contribution in [1.82, 2.24) is 0 Å². The van der Waals surface area contributed by atoms with Crippen molar-refractivity contribution in [3.8, 4) is 0 Å². The minimum Gasteiger partial charge on any atom is -0.418 e. The summed E-state index contributed by atoms with van der Waals surface area (Å²) < 4.78 is 10.4. The van der Waals surface area contributed by atoms with Crippen LogP contribution in [-0.2, 0) is 9.16 Å². The van der Waals surface area contributed by atoms with Crippen molar-refractivity contribution in [2.75, 3.05) is 19.8 Å². The zero-order valence-electron chi connectivity index (χ0n) is 10.1. The Morgan fingerprint density at radius 1 is 0.923 bits per heavy atom. The molecule has 82 valence electrons. The maximum absolute atomic E-state index is 5.52. The highest BCUT2D eigenvalue weighted by Crippen LogP contribution is 2.01. The molecule has 0 amide bonds. The van der Waals surface area contributed by atoms with E-state index in [-0.39, 0.29) is 0 Å². The van der Waals surface area contributed by atoms with Crippen LogP contribution >= 0.6 is 0 Å². The summed E-state index contributed by atoms with van der Waals surface area (Å²) in [6, 6.07) is 0. The van der Waals surface area contributed by atoms with E-state index in [1.165, 1.54) is 0 Å². The second-order valence-electron chi connectivity index (χ2n) is 3.74. The van der Waals surface area contributed by atoms with Crippen LogP contribution in [0.15, 0.2) is 0 Å². The summed E-state index contributed by atoms with van der Waals surface area (Å²) in [5, 5.41) is 0. The summed E-state index contributed by atoms with van der Waals surface area (Å²) in [5.41, 5.74) is 0. The molecule has 0 rings (SSSR count). The molecule has 0 aliphatic heterocycles. The average Bonchev–Trinajstić information content (AvgIpc) is 2.02. The van der Waals surface area contributed by atoms with E-state index < -0.39 is 8.32 Å². The van der Waals surface area contributed by atoms with E-state index >= 15 is 0 Å². The number of rotatable bonds is 5. The van der Waals surface area contributed by atoms with Crippen LogP contribution in [0.2, 0.25) is 19.6 Å². The zero-order chi connectivity index (χ0) is 10.7. The van der Waals surface area contributed by atoms with Crippen LogP contribution in [0.4, 0.5) is 0 Å². The number of ether oxygens (including phenoxy) is 1. The highest BCUT2D eigenvalue weighted by atomic mass is 28.4. The minimum absolute atomic E-state index is 0.844. The van der Waals surface area contributed by atoms with Gasteiger partial charge in [0.05, 0.1) is 0 Å². The fourth-order valence-corrected chi connectivity index (χ4v) is 1.43. The molecule has 0 fully saturated rings. The van der Waals surface area contributed by atoms with Crippen LogP contribution in [0, 0.1) is 0 Å². The minimum atomic E-state index is -1.18. The van der Waals surface area contributed by atoms with Crippen molar-refractivity contribution in [2.24, 2.45) is 0 Å². The molecule has 0 aromatic heterocycles. The van der Waals surface area contributed by atoms with Gasteiger partial charge in [-0.3, -0.25) is 0 Å². The first-order valence-corrected chi connectivity index (χ1v) is 8.60. The molecule has 0 bridgehead atoms. The molecule has 0 radical (unpaired) electrons. The van der Waals surface area contributed by atoms with Crippen molar-refractivity contribution in [2.45, 2.75) is 46.8 Å². The van der Waals surface area contributed by atoms with Gasteiger partial charge in [0.2, 0.25) is 0 Å². The van der Waals surface area contributed by atoms with E-state index in [1.54, 1.807) is 0 Å². The summed E-state index contributed by atoms with van der Waals surface area (Å²) in [6.45, 7) is 15.4. The van der Waals surface area contributed by atoms with Crippen molar-refractivity contribution in [3.63, 3.8) is 0 Å². The topological polar surface area (TPSA) is 18.5 Å². The van der Waals surface area contributed by atoms with Crippen molar-refractivity contribution < 1.29 is 9.16 Å². The Bertz CT molecular complexity index is 87.4. The first-order chi connectivity index (χ1) is 5.97. The Labute approximate surface area is 84.8 Å². The molecule has 0 atom stereocenters. The van der Waals surface area contributed by atoms with E-state index in [0.29, 0.717) is 0 Å². The lowest BCUT2D eigenvalue weighted by molar-refractivity contribution is 0.162. The SMILES string of the molecule is CCCO[Si](C)(C)C.CCOCC. The normalized spacial score (nSPS) is 10.6.